The summed E-state index contributed by atoms with van der Waals surface area (Å²) in [7, 11) is -3.24. The molecule has 0 unspecified atom stereocenters. The third-order valence-corrected chi connectivity index (χ3v) is 6.40. The van der Waals surface area contributed by atoms with Gasteiger partial charge in [0.1, 0.15) is 0 Å². The normalized spacial score (nSPS) is 12.2. The fourth-order valence-electron chi connectivity index (χ4n) is 1.32. The lowest BCUT2D eigenvalue weighted by molar-refractivity contribution is 0.426. The minimum Gasteiger partial charge on any atom is -0.423 e. The van der Waals surface area contributed by atoms with Gasteiger partial charge < -0.3 is 10.0 Å². The van der Waals surface area contributed by atoms with E-state index in [1.165, 1.54) is 40.6 Å². The zero-order valence-corrected chi connectivity index (χ0v) is 17.5. The second-order valence-electron chi connectivity index (χ2n) is 5.13. The van der Waals surface area contributed by atoms with Crippen molar-refractivity contribution in [3.63, 3.8) is 0 Å². The quantitative estimate of drug-likeness (QED) is 0.454. The van der Waals surface area contributed by atoms with Crippen molar-refractivity contribution in [3.05, 3.63) is 29.3 Å². The van der Waals surface area contributed by atoms with Gasteiger partial charge >= 0.3 is 27.5 Å². The van der Waals surface area contributed by atoms with Crippen LogP contribution in [0.3, 0.4) is 0 Å². The Morgan fingerprint density at radius 1 is 0.923 bits per heavy atom. The number of hydrogen-bond donors (Lipinski definition) is 2. The molecular weight excluding hydrogens is 455 g/mol. The largest absolute Gasteiger partial charge is 0.491 e. The average Bonchev–Trinajstić information content (AvgIpc) is 3.16. The van der Waals surface area contributed by atoms with E-state index in [2.05, 4.69) is 26.1 Å². The van der Waals surface area contributed by atoms with Crippen molar-refractivity contribution < 1.29 is 26.9 Å². The molecule has 0 aliphatic carbocycles. The molecule has 0 atom stereocenters. The van der Waals surface area contributed by atoms with Crippen LogP contribution in [-0.2, 0) is 20.4 Å². The monoisotopic (exact) mass is 472 g/mol. The fraction of sp³-hybridized carbons (Fsp3) is 0.400. The predicted octanol–water partition coefficient (Wildman–Crippen LogP) is -2.48. The second kappa shape index (κ2) is 8.60. The molecule has 0 amide bonds. The van der Waals surface area contributed by atoms with Crippen molar-refractivity contribution in [1.82, 2.24) is 27.0 Å². The summed E-state index contributed by atoms with van der Waals surface area (Å²) in [5, 5.41) is 24.6. The molecule has 16 heteroatoms. The first-order valence-corrected chi connectivity index (χ1v) is 10.4. The van der Waals surface area contributed by atoms with E-state index in [4.69, 9.17) is 10.0 Å². The van der Waals surface area contributed by atoms with Gasteiger partial charge in [0.25, 0.3) is 0 Å². The molecule has 0 bridgehead atoms. The summed E-state index contributed by atoms with van der Waals surface area (Å²) in [5.41, 5.74) is 0.0235. The van der Waals surface area contributed by atoms with E-state index in [-0.39, 0.29) is 5.46 Å². The molecular formula is C10H18BBrN6O6S2. The lowest BCUT2D eigenvalue weighted by Gasteiger charge is -2.09. The van der Waals surface area contributed by atoms with Crippen LogP contribution in [0.4, 0.5) is 0 Å². The molecule has 26 heavy (non-hydrogen) atoms. The highest BCUT2D eigenvalue weighted by atomic mass is 79.9. The van der Waals surface area contributed by atoms with Crippen LogP contribution in [0.15, 0.2) is 29.3 Å². The third-order valence-electron chi connectivity index (χ3n) is 2.80. The van der Waals surface area contributed by atoms with Crippen molar-refractivity contribution in [1.29, 1.82) is 0 Å². The van der Waals surface area contributed by atoms with Crippen molar-refractivity contribution in [2.45, 2.75) is 0 Å². The van der Waals surface area contributed by atoms with Gasteiger partial charge in [0.05, 0.1) is 23.1 Å². The lowest BCUT2D eigenvalue weighted by Crippen LogP contribution is -2.31. The summed E-state index contributed by atoms with van der Waals surface area (Å²) in [6, 6.07) is 0. The maximum atomic E-state index is 11.4. The Morgan fingerprint density at radius 3 is 1.65 bits per heavy atom. The topological polar surface area (TPSA) is 151 Å². The fourth-order valence-corrected chi connectivity index (χ4v) is 3.25. The van der Waals surface area contributed by atoms with Crippen molar-refractivity contribution in [2.24, 2.45) is 0 Å². The van der Waals surface area contributed by atoms with E-state index in [0.29, 0.717) is 8.56 Å². The van der Waals surface area contributed by atoms with Gasteiger partial charge in [-0.3, -0.25) is 0 Å². The summed E-state index contributed by atoms with van der Waals surface area (Å²) >= 11 is 3.11. The molecule has 0 aromatic carbocycles. The van der Waals surface area contributed by atoms with E-state index in [1.54, 1.807) is 0 Å². The molecule has 0 radical (unpaired) electrons. The molecule has 0 spiro atoms. The number of halogens is 1. The Kier molecular flexibility index (Phi) is 7.52. The number of rotatable bonds is 5. The second-order valence-corrected chi connectivity index (χ2v) is 10.0. The molecule has 2 heterocycles. The van der Waals surface area contributed by atoms with Crippen LogP contribution in [0, 0.1) is 0 Å². The number of hydrogen-bond acceptors (Lipinski definition) is 8. The molecule has 12 nitrogen and oxygen atoms in total. The van der Waals surface area contributed by atoms with E-state index in [0.717, 1.165) is 25.1 Å². The first-order chi connectivity index (χ1) is 11.8. The minimum absolute atomic E-state index is 0.0235. The predicted molar refractivity (Wildman–Crippen MR) is 98.0 cm³/mol. The molecule has 0 aliphatic rings. The first kappa shape index (κ1) is 22.7. The van der Waals surface area contributed by atoms with Crippen LogP contribution >= 0.6 is 15.9 Å². The Hall–Kier alpha value is -1.30. The Labute approximate surface area is 160 Å². The maximum absolute atomic E-state index is 11.4. The molecule has 2 rings (SSSR count). The lowest BCUT2D eigenvalue weighted by atomic mass is 9.83. The van der Waals surface area contributed by atoms with Gasteiger partial charge in [-0.25, -0.2) is 0 Å². The van der Waals surface area contributed by atoms with Crippen LogP contribution in [0.1, 0.15) is 0 Å². The SMILES string of the molecule is CN(C)S(=O)(=O)n1cc(B(O)O)cn1.CN(C)S(=O)(=O)n1cc(Br)cn1. The Morgan fingerprint density at radius 2 is 1.35 bits per heavy atom. The Balaban J connectivity index is 0.000000263. The summed E-state index contributed by atoms with van der Waals surface area (Å²) in [6.07, 6.45) is 4.92. The van der Waals surface area contributed by atoms with Gasteiger partial charge in [0, 0.05) is 39.9 Å². The zero-order valence-electron chi connectivity index (χ0n) is 14.3. The van der Waals surface area contributed by atoms with Crippen LogP contribution in [0.25, 0.3) is 0 Å². The van der Waals surface area contributed by atoms with Gasteiger partial charge in [-0.1, -0.05) is 0 Å². The van der Waals surface area contributed by atoms with Gasteiger partial charge in [0.2, 0.25) is 0 Å². The molecule has 2 aromatic rings. The smallest absolute Gasteiger partial charge is 0.423 e. The highest BCUT2D eigenvalue weighted by Crippen LogP contribution is 2.09. The summed E-state index contributed by atoms with van der Waals surface area (Å²) in [5.74, 6) is 0. The summed E-state index contributed by atoms with van der Waals surface area (Å²) in [6.45, 7) is 0. The van der Waals surface area contributed by atoms with E-state index < -0.39 is 27.5 Å². The van der Waals surface area contributed by atoms with Gasteiger partial charge in [-0.2, -0.15) is 43.8 Å². The summed E-state index contributed by atoms with van der Waals surface area (Å²) in [4.78, 5) is 0. The van der Waals surface area contributed by atoms with E-state index in [1.807, 2.05) is 0 Å². The molecule has 2 aromatic heterocycles. The maximum Gasteiger partial charge on any atom is 0.491 e. The van der Waals surface area contributed by atoms with Crippen LogP contribution < -0.4 is 5.46 Å². The minimum atomic E-state index is -3.67. The highest BCUT2D eigenvalue weighted by Gasteiger charge is 2.21. The van der Waals surface area contributed by atoms with Gasteiger partial charge in [-0.05, 0) is 15.9 Å². The number of aromatic nitrogens is 4. The van der Waals surface area contributed by atoms with E-state index >= 15 is 0 Å². The first-order valence-electron chi connectivity index (χ1n) is 6.77. The standard InChI is InChI=1S/C5H10BN3O4S.C5H8BrN3O2S/c1-8(2)14(12,13)9-4-5(3-7-9)6(10)11;1-8(2)12(10,11)9-4-5(6)3-7-9/h3-4,10-11H,1-2H3;3-4H,1-2H3. The molecule has 0 fully saturated rings. The highest BCUT2D eigenvalue weighted by molar-refractivity contribution is 9.10. The molecule has 146 valence electrons. The van der Waals surface area contributed by atoms with Crippen LogP contribution in [-0.4, -0.2) is 89.2 Å². The number of nitrogens with zero attached hydrogens (tertiary/aromatic N) is 6. The molecule has 0 aliphatic heterocycles. The van der Waals surface area contributed by atoms with Crippen molar-refractivity contribution >= 4 is 48.9 Å². The molecule has 0 saturated carbocycles. The van der Waals surface area contributed by atoms with E-state index in [9.17, 15) is 16.8 Å². The Bertz CT molecular complexity index is 939. The average molecular weight is 473 g/mol. The van der Waals surface area contributed by atoms with Crippen LogP contribution in [0.2, 0.25) is 0 Å². The molecule has 0 saturated heterocycles. The molecule has 2 N–H and O–H groups in total. The van der Waals surface area contributed by atoms with Crippen molar-refractivity contribution in [3.8, 4) is 0 Å². The summed E-state index contributed by atoms with van der Waals surface area (Å²) < 4.78 is 49.8. The van der Waals surface area contributed by atoms with Gasteiger partial charge in [-0.15, -0.1) is 0 Å². The van der Waals surface area contributed by atoms with Crippen molar-refractivity contribution in [2.75, 3.05) is 28.2 Å². The zero-order chi connectivity index (χ0) is 20.3. The third kappa shape index (κ3) is 5.35. The van der Waals surface area contributed by atoms with Crippen LogP contribution in [0.5, 0.6) is 0 Å². The van der Waals surface area contributed by atoms with Gasteiger partial charge in [0.15, 0.2) is 0 Å².